The molecule has 1 atom stereocenters. The molecule has 2 rings (SSSR count). The molecule has 1 unspecified atom stereocenters. The molecule has 0 aromatic carbocycles. The summed E-state index contributed by atoms with van der Waals surface area (Å²) in [5, 5.41) is 0. The summed E-state index contributed by atoms with van der Waals surface area (Å²) in [5.41, 5.74) is 5.64. The van der Waals surface area contributed by atoms with Crippen molar-refractivity contribution in [3.63, 3.8) is 0 Å². The van der Waals surface area contributed by atoms with E-state index in [2.05, 4.69) is 25.8 Å². The Labute approximate surface area is 103 Å². The highest BCUT2D eigenvalue weighted by Gasteiger charge is 2.46. The topological polar surface area (TPSA) is 58.7 Å². The van der Waals surface area contributed by atoms with E-state index in [1.54, 1.807) is 0 Å². The van der Waals surface area contributed by atoms with Gasteiger partial charge in [0.1, 0.15) is 5.84 Å². The van der Waals surface area contributed by atoms with Crippen LogP contribution in [0.25, 0.3) is 0 Å². The Bertz CT molecular complexity index is 347. The Morgan fingerprint density at radius 3 is 2.65 bits per heavy atom. The first-order valence-electron chi connectivity index (χ1n) is 6.59. The zero-order valence-corrected chi connectivity index (χ0v) is 11.1. The molecule has 4 nitrogen and oxygen atoms in total. The quantitative estimate of drug-likeness (QED) is 0.816. The molecule has 0 aromatic rings. The summed E-state index contributed by atoms with van der Waals surface area (Å²) in [5.74, 6) is 1.67. The lowest BCUT2D eigenvalue weighted by Crippen LogP contribution is -2.54. The van der Waals surface area contributed by atoms with Crippen LogP contribution in [0, 0.1) is 11.8 Å². The molecule has 2 amide bonds. The van der Waals surface area contributed by atoms with Gasteiger partial charge in [-0.2, -0.15) is 4.99 Å². The van der Waals surface area contributed by atoms with Crippen LogP contribution in [0.15, 0.2) is 4.99 Å². The van der Waals surface area contributed by atoms with Gasteiger partial charge >= 0.3 is 6.03 Å². The molecule has 1 fully saturated rings. The summed E-state index contributed by atoms with van der Waals surface area (Å²) in [4.78, 5) is 17.7. The summed E-state index contributed by atoms with van der Waals surface area (Å²) in [7, 11) is 0. The summed E-state index contributed by atoms with van der Waals surface area (Å²) in [6.07, 6.45) is 4.83. The molecule has 0 bridgehead atoms. The van der Waals surface area contributed by atoms with E-state index in [1.807, 2.05) is 4.90 Å². The van der Waals surface area contributed by atoms with Crippen molar-refractivity contribution in [1.29, 1.82) is 0 Å². The highest BCUT2D eigenvalue weighted by molar-refractivity contribution is 6.05. The number of urea groups is 1. The zero-order valence-electron chi connectivity index (χ0n) is 11.1. The van der Waals surface area contributed by atoms with Crippen LogP contribution in [0.5, 0.6) is 0 Å². The third-order valence-electron chi connectivity index (χ3n) is 4.05. The van der Waals surface area contributed by atoms with Crippen molar-refractivity contribution in [2.24, 2.45) is 22.6 Å². The van der Waals surface area contributed by atoms with Gasteiger partial charge in [-0.25, -0.2) is 4.79 Å². The predicted molar refractivity (Wildman–Crippen MR) is 68.9 cm³/mol. The van der Waals surface area contributed by atoms with Crippen LogP contribution in [-0.2, 0) is 0 Å². The zero-order chi connectivity index (χ0) is 12.6. The van der Waals surface area contributed by atoms with Crippen LogP contribution in [0.2, 0.25) is 0 Å². The Morgan fingerprint density at radius 1 is 1.53 bits per heavy atom. The largest absolute Gasteiger partial charge is 0.385 e. The van der Waals surface area contributed by atoms with Crippen molar-refractivity contribution in [1.82, 2.24) is 4.90 Å². The van der Waals surface area contributed by atoms with Gasteiger partial charge in [0.25, 0.3) is 0 Å². The summed E-state index contributed by atoms with van der Waals surface area (Å²) < 4.78 is 0. The molecule has 1 heterocycles. The number of carbonyl (C=O) groups is 1. The summed E-state index contributed by atoms with van der Waals surface area (Å²) >= 11 is 0. The molecular weight excluding hydrogens is 214 g/mol. The fraction of sp³-hybridized carbons (Fsp3) is 0.846. The van der Waals surface area contributed by atoms with E-state index >= 15 is 0 Å². The second-order valence-electron chi connectivity index (χ2n) is 6.06. The fourth-order valence-electron chi connectivity index (χ4n) is 2.75. The number of hydrogen-bond acceptors (Lipinski definition) is 2. The predicted octanol–water partition coefficient (Wildman–Crippen LogP) is 2.38. The number of rotatable bonds is 4. The van der Waals surface area contributed by atoms with E-state index in [1.165, 1.54) is 19.3 Å². The average Bonchev–Trinajstić information content (AvgIpc) is 2.37. The maximum Gasteiger partial charge on any atom is 0.346 e. The van der Waals surface area contributed by atoms with Crippen LogP contribution in [0.1, 0.15) is 46.5 Å². The molecule has 1 aliphatic carbocycles. The van der Waals surface area contributed by atoms with Gasteiger partial charge in [-0.15, -0.1) is 0 Å². The van der Waals surface area contributed by atoms with Crippen LogP contribution < -0.4 is 5.73 Å². The van der Waals surface area contributed by atoms with Gasteiger partial charge in [0.15, 0.2) is 0 Å². The first-order chi connectivity index (χ1) is 7.93. The van der Waals surface area contributed by atoms with Crippen molar-refractivity contribution < 1.29 is 4.79 Å². The highest BCUT2D eigenvalue weighted by Crippen LogP contribution is 2.38. The number of aliphatic imine (C=N–C) groups is 1. The number of hydrogen-bond donors (Lipinski definition) is 1. The lowest BCUT2D eigenvalue weighted by molar-refractivity contribution is 0.134. The minimum absolute atomic E-state index is 0.155. The first-order valence-corrected chi connectivity index (χ1v) is 6.59. The van der Waals surface area contributed by atoms with Gasteiger partial charge in [-0.05, 0) is 25.2 Å². The van der Waals surface area contributed by atoms with E-state index in [-0.39, 0.29) is 11.6 Å². The molecule has 96 valence electrons. The van der Waals surface area contributed by atoms with Gasteiger partial charge in [-0.1, -0.05) is 33.1 Å². The Hall–Kier alpha value is -1.06. The number of amidine groups is 1. The second-order valence-corrected chi connectivity index (χ2v) is 6.06. The molecule has 4 heteroatoms. The average molecular weight is 237 g/mol. The monoisotopic (exact) mass is 237 g/mol. The van der Waals surface area contributed by atoms with Gasteiger partial charge in [-0.3, -0.25) is 0 Å². The standard InChI is InChI=1S/C13H23N3O/c1-9(2)8-16-12(17)15-11(14)13(16,3)7-10-5-4-6-10/h9-10H,4-8H2,1-3H3,(H2,14,15,17). The van der Waals surface area contributed by atoms with E-state index in [9.17, 15) is 4.79 Å². The Kier molecular flexibility index (Phi) is 3.15. The smallest absolute Gasteiger partial charge is 0.346 e. The van der Waals surface area contributed by atoms with Gasteiger partial charge in [0, 0.05) is 6.54 Å². The third-order valence-corrected chi connectivity index (χ3v) is 4.05. The molecule has 0 saturated heterocycles. The SMILES string of the molecule is CC(C)CN1C(=O)N=C(N)C1(C)CC1CCC1. The van der Waals surface area contributed by atoms with E-state index in [0.29, 0.717) is 17.7 Å². The van der Waals surface area contributed by atoms with Crippen molar-refractivity contribution >= 4 is 11.9 Å². The van der Waals surface area contributed by atoms with Crippen molar-refractivity contribution in [2.45, 2.75) is 52.0 Å². The van der Waals surface area contributed by atoms with E-state index in [0.717, 1.165) is 13.0 Å². The Morgan fingerprint density at radius 2 is 2.18 bits per heavy atom. The third kappa shape index (κ3) is 2.17. The number of nitrogens with zero attached hydrogens (tertiary/aromatic N) is 2. The van der Waals surface area contributed by atoms with Crippen LogP contribution >= 0.6 is 0 Å². The summed E-state index contributed by atoms with van der Waals surface area (Å²) in [6, 6.07) is -0.155. The molecular formula is C13H23N3O. The molecule has 17 heavy (non-hydrogen) atoms. The van der Waals surface area contributed by atoms with E-state index in [4.69, 9.17) is 5.73 Å². The minimum atomic E-state index is -0.341. The molecule has 0 radical (unpaired) electrons. The van der Waals surface area contributed by atoms with Crippen LogP contribution in [-0.4, -0.2) is 28.9 Å². The lowest BCUT2D eigenvalue weighted by atomic mass is 9.75. The molecule has 1 aliphatic heterocycles. The van der Waals surface area contributed by atoms with Crippen LogP contribution in [0.3, 0.4) is 0 Å². The van der Waals surface area contributed by atoms with Gasteiger partial charge < -0.3 is 10.6 Å². The second kappa shape index (κ2) is 4.31. The van der Waals surface area contributed by atoms with Crippen molar-refractivity contribution in [3.8, 4) is 0 Å². The molecule has 0 spiro atoms. The molecule has 2 aliphatic rings. The van der Waals surface area contributed by atoms with Gasteiger partial charge in [0.2, 0.25) is 0 Å². The van der Waals surface area contributed by atoms with Crippen molar-refractivity contribution in [3.05, 3.63) is 0 Å². The number of carbonyl (C=O) groups excluding carboxylic acids is 1. The maximum absolute atomic E-state index is 11.9. The molecule has 0 aromatic heterocycles. The summed E-state index contributed by atoms with van der Waals surface area (Å²) in [6.45, 7) is 7.04. The normalized spacial score (nSPS) is 29.8. The lowest BCUT2D eigenvalue weighted by Gasteiger charge is -2.40. The maximum atomic E-state index is 11.9. The van der Waals surface area contributed by atoms with Crippen molar-refractivity contribution in [2.75, 3.05) is 6.54 Å². The highest BCUT2D eigenvalue weighted by atomic mass is 16.2. The number of nitrogens with two attached hydrogens (primary N) is 1. The van der Waals surface area contributed by atoms with Crippen LogP contribution in [0.4, 0.5) is 4.79 Å². The van der Waals surface area contributed by atoms with Gasteiger partial charge in [0.05, 0.1) is 5.54 Å². The minimum Gasteiger partial charge on any atom is -0.385 e. The first kappa shape index (κ1) is 12.4. The fourth-order valence-corrected chi connectivity index (χ4v) is 2.75. The number of amides is 2. The molecule has 2 N–H and O–H groups in total. The van der Waals surface area contributed by atoms with E-state index < -0.39 is 0 Å². The Balaban J connectivity index is 2.14. The molecule has 1 saturated carbocycles.